The average molecular weight is 413 g/mol. The summed E-state index contributed by atoms with van der Waals surface area (Å²) in [4.78, 5) is 18.7. The molecule has 3 rings (SSSR count). The molecule has 1 aromatic heterocycles. The summed E-state index contributed by atoms with van der Waals surface area (Å²) in [5.74, 6) is -0.157. The van der Waals surface area contributed by atoms with Crippen LogP contribution in [-0.4, -0.2) is 48.6 Å². The van der Waals surface area contributed by atoms with Gasteiger partial charge in [-0.05, 0) is 24.6 Å². The highest BCUT2D eigenvalue weighted by molar-refractivity contribution is 7.09. The fourth-order valence-electron chi connectivity index (χ4n) is 3.17. The van der Waals surface area contributed by atoms with Crippen LogP contribution in [0, 0.1) is 6.92 Å². The fourth-order valence-corrected chi connectivity index (χ4v) is 3.78. The summed E-state index contributed by atoms with van der Waals surface area (Å²) in [6, 6.07) is 4.93. The quantitative estimate of drug-likeness (QED) is 0.790. The van der Waals surface area contributed by atoms with Gasteiger partial charge in [0, 0.05) is 25.0 Å². The summed E-state index contributed by atoms with van der Waals surface area (Å²) in [7, 11) is 0. The lowest BCUT2D eigenvalue weighted by atomic mass is 10.0. The fraction of sp³-hybridized carbons (Fsp3) is 0.474. The third-order valence-corrected chi connectivity index (χ3v) is 5.43. The molecule has 0 saturated carbocycles. The zero-order chi connectivity index (χ0) is 20.1. The van der Waals surface area contributed by atoms with Crippen LogP contribution in [0.5, 0.6) is 0 Å². The first kappa shape index (κ1) is 20.8. The largest absolute Gasteiger partial charge is 0.416 e. The molecule has 1 aliphatic heterocycles. The van der Waals surface area contributed by atoms with E-state index >= 15 is 0 Å². The monoisotopic (exact) mass is 413 g/mol. The standard InChI is InChI=1S/C19H22F3N3O2S/c1-13-24-16(12-28-13)10-18(26)23-11-17(25-6-8-27-9-7-25)14-2-4-15(5-3-14)19(20,21)22/h2-5,12,17H,6-11H2,1H3,(H,23,26). The van der Waals surface area contributed by atoms with Gasteiger partial charge in [0.2, 0.25) is 5.91 Å². The number of ether oxygens (including phenoxy) is 1. The van der Waals surface area contributed by atoms with Gasteiger partial charge in [0.05, 0.1) is 41.9 Å². The van der Waals surface area contributed by atoms with Crippen molar-refractivity contribution < 1.29 is 22.7 Å². The van der Waals surface area contributed by atoms with Gasteiger partial charge in [0.1, 0.15) is 0 Å². The Morgan fingerprint density at radius 2 is 1.96 bits per heavy atom. The van der Waals surface area contributed by atoms with Gasteiger partial charge in [-0.2, -0.15) is 13.2 Å². The molecule has 1 aliphatic rings. The van der Waals surface area contributed by atoms with Crippen LogP contribution in [-0.2, 0) is 22.1 Å². The van der Waals surface area contributed by atoms with E-state index in [1.807, 2.05) is 12.3 Å². The zero-order valence-corrected chi connectivity index (χ0v) is 16.3. The Morgan fingerprint density at radius 3 is 2.54 bits per heavy atom. The number of alkyl halides is 3. The van der Waals surface area contributed by atoms with Gasteiger partial charge >= 0.3 is 6.18 Å². The number of carbonyl (C=O) groups excluding carboxylic acids is 1. The van der Waals surface area contributed by atoms with E-state index in [1.165, 1.54) is 23.5 Å². The number of benzene rings is 1. The highest BCUT2D eigenvalue weighted by Crippen LogP contribution is 2.31. The first-order chi connectivity index (χ1) is 13.3. The van der Waals surface area contributed by atoms with Gasteiger partial charge in [0.25, 0.3) is 0 Å². The lowest BCUT2D eigenvalue weighted by molar-refractivity contribution is -0.137. The van der Waals surface area contributed by atoms with Crippen molar-refractivity contribution in [2.75, 3.05) is 32.8 Å². The van der Waals surface area contributed by atoms with Crippen LogP contribution in [0.15, 0.2) is 29.6 Å². The molecule has 5 nitrogen and oxygen atoms in total. The molecule has 1 atom stereocenters. The lowest BCUT2D eigenvalue weighted by Crippen LogP contribution is -2.44. The van der Waals surface area contributed by atoms with Crippen molar-refractivity contribution in [3.63, 3.8) is 0 Å². The van der Waals surface area contributed by atoms with Crippen LogP contribution in [0.25, 0.3) is 0 Å². The van der Waals surface area contributed by atoms with Crippen molar-refractivity contribution in [2.24, 2.45) is 0 Å². The lowest BCUT2D eigenvalue weighted by Gasteiger charge is -2.35. The van der Waals surface area contributed by atoms with Crippen LogP contribution in [0.4, 0.5) is 13.2 Å². The summed E-state index contributed by atoms with van der Waals surface area (Å²) in [5.41, 5.74) is 0.775. The Balaban J connectivity index is 1.69. The SMILES string of the molecule is Cc1nc(CC(=O)NCC(c2ccc(C(F)(F)F)cc2)N2CCOCC2)cs1. The van der Waals surface area contributed by atoms with Crippen molar-refractivity contribution in [1.82, 2.24) is 15.2 Å². The summed E-state index contributed by atoms with van der Waals surface area (Å²) in [6.07, 6.45) is -4.18. The van der Waals surface area contributed by atoms with Crippen LogP contribution < -0.4 is 5.32 Å². The van der Waals surface area contributed by atoms with Gasteiger partial charge < -0.3 is 10.1 Å². The molecule has 0 bridgehead atoms. The number of carbonyl (C=O) groups is 1. The van der Waals surface area contributed by atoms with E-state index in [0.29, 0.717) is 32.8 Å². The highest BCUT2D eigenvalue weighted by atomic mass is 32.1. The highest BCUT2D eigenvalue weighted by Gasteiger charge is 2.31. The maximum Gasteiger partial charge on any atom is 0.416 e. The second kappa shape index (κ2) is 9.02. The van der Waals surface area contributed by atoms with Crippen LogP contribution in [0.1, 0.15) is 27.9 Å². The first-order valence-electron chi connectivity index (χ1n) is 8.99. The molecule has 1 aromatic carbocycles. The molecule has 28 heavy (non-hydrogen) atoms. The van der Waals surface area contributed by atoms with Crippen LogP contribution in [0.3, 0.4) is 0 Å². The van der Waals surface area contributed by atoms with Gasteiger partial charge in [-0.15, -0.1) is 11.3 Å². The van der Waals surface area contributed by atoms with Crippen molar-refractivity contribution in [1.29, 1.82) is 0 Å². The molecule has 1 amide bonds. The average Bonchev–Trinajstić information content (AvgIpc) is 3.07. The Hall–Kier alpha value is -1.97. The van der Waals surface area contributed by atoms with Crippen LogP contribution >= 0.6 is 11.3 Å². The predicted molar refractivity (Wildman–Crippen MR) is 100 cm³/mol. The predicted octanol–water partition coefficient (Wildman–Crippen LogP) is 3.20. The molecule has 0 radical (unpaired) electrons. The Kier molecular flexibility index (Phi) is 6.69. The summed E-state index contributed by atoms with van der Waals surface area (Å²) in [5, 5.41) is 5.66. The Labute approximate surface area is 165 Å². The number of morpholine rings is 1. The Morgan fingerprint density at radius 1 is 1.29 bits per heavy atom. The van der Waals surface area contributed by atoms with E-state index < -0.39 is 11.7 Å². The molecule has 152 valence electrons. The topological polar surface area (TPSA) is 54.5 Å². The number of aryl methyl sites for hydroxylation is 1. The second-order valence-electron chi connectivity index (χ2n) is 6.62. The number of amides is 1. The second-order valence-corrected chi connectivity index (χ2v) is 7.68. The molecule has 0 aliphatic carbocycles. The normalized spacial score (nSPS) is 16.7. The zero-order valence-electron chi connectivity index (χ0n) is 15.5. The van der Waals surface area contributed by atoms with E-state index in [0.717, 1.165) is 28.4 Å². The molecule has 9 heteroatoms. The van der Waals surface area contributed by atoms with E-state index in [4.69, 9.17) is 4.74 Å². The van der Waals surface area contributed by atoms with E-state index in [-0.39, 0.29) is 18.4 Å². The van der Waals surface area contributed by atoms with Gasteiger partial charge in [-0.25, -0.2) is 4.98 Å². The number of hydrogen-bond donors (Lipinski definition) is 1. The number of nitrogens with one attached hydrogen (secondary N) is 1. The number of nitrogens with zero attached hydrogens (tertiary/aromatic N) is 2. The molecule has 2 aromatic rings. The van der Waals surface area contributed by atoms with Crippen molar-refractivity contribution in [3.05, 3.63) is 51.5 Å². The third kappa shape index (κ3) is 5.52. The number of aromatic nitrogens is 1. The molecule has 2 heterocycles. The number of rotatable bonds is 6. The minimum atomic E-state index is -4.37. The molecule has 1 fully saturated rings. The molecule has 1 saturated heterocycles. The summed E-state index contributed by atoms with van der Waals surface area (Å²) >= 11 is 1.49. The molecular formula is C19H22F3N3O2S. The molecule has 1 unspecified atom stereocenters. The molecule has 1 N–H and O–H groups in total. The number of halogens is 3. The smallest absolute Gasteiger partial charge is 0.379 e. The maximum absolute atomic E-state index is 12.8. The molecule has 0 spiro atoms. The third-order valence-electron chi connectivity index (χ3n) is 4.61. The van der Waals surface area contributed by atoms with Crippen molar-refractivity contribution >= 4 is 17.2 Å². The van der Waals surface area contributed by atoms with Gasteiger partial charge in [0.15, 0.2) is 0 Å². The van der Waals surface area contributed by atoms with Gasteiger partial charge in [-0.1, -0.05) is 12.1 Å². The maximum atomic E-state index is 12.8. The Bertz CT molecular complexity index is 786. The van der Waals surface area contributed by atoms with Crippen molar-refractivity contribution in [3.8, 4) is 0 Å². The van der Waals surface area contributed by atoms with E-state index in [9.17, 15) is 18.0 Å². The van der Waals surface area contributed by atoms with Crippen molar-refractivity contribution in [2.45, 2.75) is 25.6 Å². The first-order valence-corrected chi connectivity index (χ1v) is 9.87. The minimum absolute atomic E-state index is 0.157. The van der Waals surface area contributed by atoms with E-state index in [1.54, 1.807) is 0 Å². The summed E-state index contributed by atoms with van der Waals surface area (Å²) < 4.78 is 43.9. The minimum Gasteiger partial charge on any atom is -0.379 e. The summed E-state index contributed by atoms with van der Waals surface area (Å²) in [6.45, 7) is 4.63. The van der Waals surface area contributed by atoms with Gasteiger partial charge in [-0.3, -0.25) is 9.69 Å². The number of thiazole rings is 1. The molecular weight excluding hydrogens is 391 g/mol. The van der Waals surface area contributed by atoms with Crippen LogP contribution in [0.2, 0.25) is 0 Å². The number of hydrogen-bond acceptors (Lipinski definition) is 5. The van der Waals surface area contributed by atoms with E-state index in [2.05, 4.69) is 15.2 Å².